The SMILES string of the molecule is O=C(NCC1(O)CCC1)[C@@H]1CN(Cc2ccccc2)C[C@H]1C(F)(F)F. The lowest BCUT2D eigenvalue weighted by molar-refractivity contribution is -0.183. The van der Waals surface area contributed by atoms with Crippen molar-refractivity contribution >= 4 is 5.91 Å². The molecule has 138 valence electrons. The Labute approximate surface area is 145 Å². The Morgan fingerprint density at radius 3 is 2.48 bits per heavy atom. The van der Waals surface area contributed by atoms with Gasteiger partial charge in [-0.2, -0.15) is 13.2 Å². The van der Waals surface area contributed by atoms with Crippen molar-refractivity contribution in [3.63, 3.8) is 0 Å². The number of likely N-dealkylation sites (tertiary alicyclic amines) is 1. The molecule has 25 heavy (non-hydrogen) atoms. The topological polar surface area (TPSA) is 52.6 Å². The van der Waals surface area contributed by atoms with Gasteiger partial charge in [-0.3, -0.25) is 9.69 Å². The van der Waals surface area contributed by atoms with Gasteiger partial charge in [-0.05, 0) is 24.8 Å². The van der Waals surface area contributed by atoms with E-state index in [1.54, 1.807) is 4.90 Å². The van der Waals surface area contributed by atoms with Crippen LogP contribution < -0.4 is 5.32 Å². The number of alkyl halides is 3. The van der Waals surface area contributed by atoms with E-state index < -0.39 is 29.5 Å². The molecular weight excluding hydrogens is 333 g/mol. The minimum absolute atomic E-state index is 0.0333. The lowest BCUT2D eigenvalue weighted by Gasteiger charge is -2.37. The van der Waals surface area contributed by atoms with Crippen molar-refractivity contribution in [2.45, 2.75) is 37.6 Å². The summed E-state index contributed by atoms with van der Waals surface area (Å²) in [6.45, 7) is 0.316. The highest BCUT2D eigenvalue weighted by Gasteiger charge is 2.52. The Kier molecular flexibility index (Phi) is 5.06. The molecule has 0 spiro atoms. The minimum Gasteiger partial charge on any atom is -0.388 e. The average Bonchev–Trinajstić information content (AvgIpc) is 2.96. The number of nitrogens with one attached hydrogen (secondary N) is 1. The van der Waals surface area contributed by atoms with Gasteiger partial charge in [-0.25, -0.2) is 0 Å². The van der Waals surface area contributed by atoms with Crippen LogP contribution in [0.3, 0.4) is 0 Å². The van der Waals surface area contributed by atoms with Gasteiger partial charge < -0.3 is 10.4 Å². The standard InChI is InChI=1S/C18H23F3N2O2/c19-18(20,21)15-11-23(9-13-5-2-1-3-6-13)10-14(15)16(24)22-12-17(25)7-4-8-17/h1-3,5-6,14-15,25H,4,7-12H2,(H,22,24)/t14-,15-/m1/s1. The molecule has 1 aromatic rings. The molecule has 1 aliphatic carbocycles. The number of hydrogen-bond acceptors (Lipinski definition) is 3. The number of hydrogen-bond donors (Lipinski definition) is 2. The molecule has 2 atom stereocenters. The van der Waals surface area contributed by atoms with Crippen molar-refractivity contribution in [1.29, 1.82) is 0 Å². The predicted molar refractivity (Wildman–Crippen MR) is 86.6 cm³/mol. The fraction of sp³-hybridized carbons (Fsp3) is 0.611. The Hall–Kier alpha value is -1.60. The lowest BCUT2D eigenvalue weighted by Crippen LogP contribution is -2.50. The zero-order valence-electron chi connectivity index (χ0n) is 13.9. The summed E-state index contributed by atoms with van der Waals surface area (Å²) in [7, 11) is 0. The number of halogens is 3. The molecule has 2 fully saturated rings. The Morgan fingerprint density at radius 1 is 1.24 bits per heavy atom. The van der Waals surface area contributed by atoms with E-state index in [2.05, 4.69) is 5.32 Å². The number of aliphatic hydroxyl groups is 1. The Balaban J connectivity index is 1.64. The number of rotatable bonds is 5. The third-order valence-electron chi connectivity index (χ3n) is 5.28. The summed E-state index contributed by atoms with van der Waals surface area (Å²) in [5.41, 5.74) is -0.0145. The molecule has 1 saturated heterocycles. The Morgan fingerprint density at radius 2 is 1.92 bits per heavy atom. The highest BCUT2D eigenvalue weighted by molar-refractivity contribution is 5.79. The van der Waals surface area contributed by atoms with Gasteiger partial charge in [-0.1, -0.05) is 30.3 Å². The molecule has 1 aromatic carbocycles. The van der Waals surface area contributed by atoms with E-state index in [-0.39, 0.29) is 19.6 Å². The third-order valence-corrected chi connectivity index (χ3v) is 5.28. The van der Waals surface area contributed by atoms with Crippen LogP contribution in [0.25, 0.3) is 0 Å². The molecule has 1 heterocycles. The molecule has 0 unspecified atom stereocenters. The molecule has 1 amide bonds. The van der Waals surface area contributed by atoms with Crippen molar-refractivity contribution in [3.05, 3.63) is 35.9 Å². The summed E-state index contributed by atoms with van der Waals surface area (Å²) >= 11 is 0. The molecule has 2 aliphatic rings. The van der Waals surface area contributed by atoms with Gasteiger partial charge in [0.05, 0.1) is 17.4 Å². The first-order chi connectivity index (χ1) is 11.8. The molecule has 0 aromatic heterocycles. The maximum absolute atomic E-state index is 13.4. The highest BCUT2D eigenvalue weighted by Crippen LogP contribution is 2.38. The van der Waals surface area contributed by atoms with Gasteiger partial charge in [-0.15, -0.1) is 0 Å². The van der Waals surface area contributed by atoms with Gasteiger partial charge in [0, 0.05) is 26.2 Å². The minimum atomic E-state index is -4.42. The fourth-order valence-corrected chi connectivity index (χ4v) is 3.60. The zero-order valence-corrected chi connectivity index (χ0v) is 13.9. The first-order valence-corrected chi connectivity index (χ1v) is 8.60. The van der Waals surface area contributed by atoms with Crippen LogP contribution in [0.5, 0.6) is 0 Å². The van der Waals surface area contributed by atoms with E-state index in [9.17, 15) is 23.1 Å². The number of carbonyl (C=O) groups excluding carboxylic acids is 1. The van der Waals surface area contributed by atoms with Crippen molar-refractivity contribution < 1.29 is 23.1 Å². The van der Waals surface area contributed by atoms with E-state index in [1.165, 1.54) is 0 Å². The second kappa shape index (κ2) is 6.96. The largest absolute Gasteiger partial charge is 0.393 e. The van der Waals surface area contributed by atoms with Crippen molar-refractivity contribution in [1.82, 2.24) is 10.2 Å². The van der Waals surface area contributed by atoms with Crippen LogP contribution in [-0.4, -0.2) is 47.3 Å². The van der Waals surface area contributed by atoms with Gasteiger partial charge >= 0.3 is 6.18 Å². The van der Waals surface area contributed by atoms with Gasteiger partial charge in [0.1, 0.15) is 0 Å². The van der Waals surface area contributed by atoms with Crippen LogP contribution in [0.4, 0.5) is 13.2 Å². The summed E-state index contributed by atoms with van der Waals surface area (Å²) in [4.78, 5) is 14.0. The molecule has 7 heteroatoms. The van der Waals surface area contributed by atoms with E-state index in [1.807, 2.05) is 30.3 Å². The second-order valence-corrected chi connectivity index (χ2v) is 7.23. The monoisotopic (exact) mass is 356 g/mol. The summed E-state index contributed by atoms with van der Waals surface area (Å²) in [5.74, 6) is -3.42. The molecule has 0 radical (unpaired) electrons. The van der Waals surface area contributed by atoms with Crippen LogP contribution >= 0.6 is 0 Å². The first-order valence-electron chi connectivity index (χ1n) is 8.60. The van der Waals surface area contributed by atoms with Gasteiger partial charge in [0.25, 0.3) is 0 Å². The second-order valence-electron chi connectivity index (χ2n) is 7.23. The normalized spacial score (nSPS) is 26.2. The predicted octanol–water partition coefficient (Wildman–Crippen LogP) is 2.33. The quantitative estimate of drug-likeness (QED) is 0.851. The lowest BCUT2D eigenvalue weighted by atomic mass is 9.80. The molecule has 1 saturated carbocycles. The molecule has 2 N–H and O–H groups in total. The van der Waals surface area contributed by atoms with E-state index >= 15 is 0 Å². The highest BCUT2D eigenvalue weighted by atomic mass is 19.4. The van der Waals surface area contributed by atoms with Crippen molar-refractivity contribution in [2.75, 3.05) is 19.6 Å². The van der Waals surface area contributed by atoms with Crippen LogP contribution in [0.15, 0.2) is 30.3 Å². The number of benzene rings is 1. The van der Waals surface area contributed by atoms with Gasteiger partial charge in [0.2, 0.25) is 5.91 Å². The summed E-state index contributed by atoms with van der Waals surface area (Å²) in [6.07, 6.45) is -2.37. The fourth-order valence-electron chi connectivity index (χ4n) is 3.60. The molecular formula is C18H23F3N2O2. The van der Waals surface area contributed by atoms with Gasteiger partial charge in [0.15, 0.2) is 0 Å². The number of nitrogens with zero attached hydrogens (tertiary/aromatic N) is 1. The number of carbonyl (C=O) groups is 1. The van der Waals surface area contributed by atoms with Crippen molar-refractivity contribution in [3.8, 4) is 0 Å². The van der Waals surface area contributed by atoms with E-state index in [4.69, 9.17) is 0 Å². The average molecular weight is 356 g/mol. The molecule has 3 rings (SSSR count). The first kappa shape index (κ1) is 18.2. The smallest absolute Gasteiger partial charge is 0.388 e. The van der Waals surface area contributed by atoms with Crippen LogP contribution in [-0.2, 0) is 11.3 Å². The Bertz CT molecular complexity index is 602. The van der Waals surface area contributed by atoms with E-state index in [0.717, 1.165) is 12.0 Å². The van der Waals surface area contributed by atoms with Crippen LogP contribution in [0, 0.1) is 11.8 Å². The van der Waals surface area contributed by atoms with Crippen LogP contribution in [0.2, 0.25) is 0 Å². The molecule has 0 bridgehead atoms. The van der Waals surface area contributed by atoms with E-state index in [0.29, 0.717) is 19.4 Å². The molecule has 4 nitrogen and oxygen atoms in total. The van der Waals surface area contributed by atoms with Crippen LogP contribution in [0.1, 0.15) is 24.8 Å². The maximum Gasteiger partial charge on any atom is 0.393 e. The number of amides is 1. The van der Waals surface area contributed by atoms with Crippen molar-refractivity contribution in [2.24, 2.45) is 11.8 Å². The maximum atomic E-state index is 13.4. The zero-order chi connectivity index (χ0) is 18.1. The summed E-state index contributed by atoms with van der Waals surface area (Å²) < 4.78 is 40.1. The molecule has 1 aliphatic heterocycles. The summed E-state index contributed by atoms with van der Waals surface area (Å²) in [6, 6.07) is 9.27. The summed E-state index contributed by atoms with van der Waals surface area (Å²) in [5, 5.41) is 12.6. The third kappa shape index (κ3) is 4.33.